The van der Waals surface area contributed by atoms with Crippen LogP contribution in [0.3, 0.4) is 0 Å². The van der Waals surface area contributed by atoms with Gasteiger partial charge < -0.3 is 14.2 Å². The van der Waals surface area contributed by atoms with Crippen molar-refractivity contribution in [2.75, 3.05) is 13.2 Å². The summed E-state index contributed by atoms with van der Waals surface area (Å²) in [6.07, 6.45) is 46.7. The molecule has 0 aliphatic rings. The van der Waals surface area contributed by atoms with Gasteiger partial charge in [0.05, 0.1) is 0 Å². The van der Waals surface area contributed by atoms with E-state index in [9.17, 15) is 14.4 Å². The Morgan fingerprint density at radius 3 is 0.912 bits per heavy atom. The first-order chi connectivity index (χ1) is 27.9. The Kier molecular flexibility index (Phi) is 44.2. The number of ether oxygens (including phenoxy) is 3. The minimum Gasteiger partial charge on any atom is -0.462 e. The number of carbonyl (C=O) groups is 3. The molecule has 0 heterocycles. The Hall–Kier alpha value is -1.59. The van der Waals surface area contributed by atoms with Crippen LogP contribution in [-0.4, -0.2) is 37.2 Å². The van der Waals surface area contributed by atoms with Crippen molar-refractivity contribution in [3.05, 3.63) is 0 Å². The molecule has 57 heavy (non-hydrogen) atoms. The molecule has 0 fully saturated rings. The van der Waals surface area contributed by atoms with Gasteiger partial charge in [-0.2, -0.15) is 0 Å². The topological polar surface area (TPSA) is 78.9 Å². The van der Waals surface area contributed by atoms with Gasteiger partial charge in [0.1, 0.15) is 13.2 Å². The van der Waals surface area contributed by atoms with Crippen LogP contribution in [0.2, 0.25) is 0 Å². The molecule has 338 valence electrons. The lowest BCUT2D eigenvalue weighted by molar-refractivity contribution is -0.167. The van der Waals surface area contributed by atoms with E-state index in [0.717, 1.165) is 63.7 Å². The molecule has 0 spiro atoms. The van der Waals surface area contributed by atoms with E-state index in [1.165, 1.54) is 180 Å². The molecule has 0 aliphatic heterocycles. The van der Waals surface area contributed by atoms with Crippen LogP contribution < -0.4 is 0 Å². The number of unbranched alkanes of at least 4 members (excludes halogenated alkanes) is 32. The van der Waals surface area contributed by atoms with E-state index in [0.29, 0.717) is 19.3 Å². The van der Waals surface area contributed by atoms with E-state index in [2.05, 4.69) is 27.7 Å². The third-order valence-electron chi connectivity index (χ3n) is 11.9. The van der Waals surface area contributed by atoms with E-state index in [4.69, 9.17) is 14.2 Å². The van der Waals surface area contributed by atoms with Crippen LogP contribution in [0.5, 0.6) is 0 Å². The van der Waals surface area contributed by atoms with Gasteiger partial charge in [-0.25, -0.2) is 0 Å². The predicted octanol–water partition coefficient (Wildman–Crippen LogP) is 16.3. The van der Waals surface area contributed by atoms with E-state index in [1.54, 1.807) is 0 Å². The Morgan fingerprint density at radius 1 is 0.351 bits per heavy atom. The van der Waals surface area contributed by atoms with Crippen LogP contribution in [0.25, 0.3) is 0 Å². The molecule has 0 saturated carbocycles. The Labute approximate surface area is 355 Å². The van der Waals surface area contributed by atoms with Gasteiger partial charge in [-0.3, -0.25) is 14.4 Å². The van der Waals surface area contributed by atoms with Gasteiger partial charge >= 0.3 is 17.9 Å². The highest BCUT2D eigenvalue weighted by Gasteiger charge is 2.19. The van der Waals surface area contributed by atoms with Crippen molar-refractivity contribution in [2.24, 2.45) is 5.92 Å². The summed E-state index contributed by atoms with van der Waals surface area (Å²) in [5.41, 5.74) is 0. The van der Waals surface area contributed by atoms with Crippen LogP contribution in [0.1, 0.15) is 285 Å². The molecule has 0 aromatic heterocycles. The summed E-state index contributed by atoms with van der Waals surface area (Å²) < 4.78 is 16.8. The average Bonchev–Trinajstić information content (AvgIpc) is 3.21. The predicted molar refractivity (Wildman–Crippen MR) is 243 cm³/mol. The van der Waals surface area contributed by atoms with Crippen molar-refractivity contribution in [2.45, 2.75) is 291 Å². The smallest absolute Gasteiger partial charge is 0.306 e. The van der Waals surface area contributed by atoms with Gasteiger partial charge in [0, 0.05) is 19.3 Å². The zero-order valence-corrected chi connectivity index (χ0v) is 38.8. The van der Waals surface area contributed by atoms with Crippen LogP contribution in [0.4, 0.5) is 0 Å². The quantitative estimate of drug-likeness (QED) is 0.0346. The summed E-state index contributed by atoms with van der Waals surface area (Å²) in [7, 11) is 0. The molecule has 0 aliphatic carbocycles. The van der Waals surface area contributed by atoms with Crippen molar-refractivity contribution in [1.29, 1.82) is 0 Å². The molecular formula is C51H98O6. The van der Waals surface area contributed by atoms with Crippen molar-refractivity contribution in [3.63, 3.8) is 0 Å². The van der Waals surface area contributed by atoms with Crippen LogP contribution in [-0.2, 0) is 28.6 Å². The molecular weight excluding hydrogens is 709 g/mol. The van der Waals surface area contributed by atoms with Crippen LogP contribution in [0, 0.1) is 5.92 Å². The number of hydrogen-bond acceptors (Lipinski definition) is 6. The largest absolute Gasteiger partial charge is 0.462 e. The first-order valence-electron chi connectivity index (χ1n) is 25.4. The fourth-order valence-corrected chi connectivity index (χ4v) is 7.66. The van der Waals surface area contributed by atoms with Crippen LogP contribution in [0.15, 0.2) is 0 Å². The zero-order valence-electron chi connectivity index (χ0n) is 38.8. The molecule has 0 amide bonds. The standard InChI is InChI=1S/C51H98O6/c1-5-8-10-12-14-16-18-19-20-21-22-23-24-25-26-28-30-36-40-44-51(54)57-48(45-55-49(52)42-38-34-29-27-17-15-13-11-9-6-2)46-56-50(53)43-39-35-32-31-33-37-41-47(4)7-3/h47-48H,5-46H2,1-4H3/t47?,48-/m0/s1. The zero-order chi connectivity index (χ0) is 41.7. The summed E-state index contributed by atoms with van der Waals surface area (Å²) in [6, 6.07) is 0. The summed E-state index contributed by atoms with van der Waals surface area (Å²) in [5.74, 6) is -0.0374. The second-order valence-corrected chi connectivity index (χ2v) is 17.7. The highest BCUT2D eigenvalue weighted by atomic mass is 16.6. The van der Waals surface area contributed by atoms with Gasteiger partial charge in [0.15, 0.2) is 6.10 Å². The van der Waals surface area contributed by atoms with Crippen molar-refractivity contribution in [1.82, 2.24) is 0 Å². The van der Waals surface area contributed by atoms with Gasteiger partial charge in [0.2, 0.25) is 0 Å². The molecule has 6 nitrogen and oxygen atoms in total. The maximum absolute atomic E-state index is 12.8. The number of hydrogen-bond donors (Lipinski definition) is 0. The summed E-state index contributed by atoms with van der Waals surface area (Å²) >= 11 is 0. The molecule has 0 saturated heterocycles. The van der Waals surface area contributed by atoms with E-state index >= 15 is 0 Å². The monoisotopic (exact) mass is 807 g/mol. The third kappa shape index (κ3) is 43.8. The van der Waals surface area contributed by atoms with E-state index in [1.807, 2.05) is 0 Å². The lowest BCUT2D eigenvalue weighted by Crippen LogP contribution is -2.30. The highest BCUT2D eigenvalue weighted by Crippen LogP contribution is 2.17. The second-order valence-electron chi connectivity index (χ2n) is 17.7. The number of carbonyl (C=O) groups excluding carboxylic acids is 3. The minimum atomic E-state index is -0.760. The minimum absolute atomic E-state index is 0.0640. The number of rotatable bonds is 46. The number of esters is 3. The first-order valence-corrected chi connectivity index (χ1v) is 25.4. The molecule has 0 bridgehead atoms. The average molecular weight is 807 g/mol. The molecule has 1 unspecified atom stereocenters. The lowest BCUT2D eigenvalue weighted by atomic mass is 10.00. The second kappa shape index (κ2) is 45.5. The molecule has 0 aromatic rings. The van der Waals surface area contributed by atoms with Crippen LogP contribution >= 0.6 is 0 Å². The van der Waals surface area contributed by atoms with Crippen molar-refractivity contribution < 1.29 is 28.6 Å². The third-order valence-corrected chi connectivity index (χ3v) is 11.9. The molecule has 0 aromatic carbocycles. The molecule has 0 radical (unpaired) electrons. The normalized spacial score (nSPS) is 12.4. The summed E-state index contributed by atoms with van der Waals surface area (Å²) in [4.78, 5) is 37.8. The highest BCUT2D eigenvalue weighted by molar-refractivity contribution is 5.71. The molecule has 2 atom stereocenters. The molecule has 6 heteroatoms. The van der Waals surface area contributed by atoms with Gasteiger partial charge in [-0.1, -0.05) is 246 Å². The Morgan fingerprint density at radius 2 is 0.614 bits per heavy atom. The fraction of sp³-hybridized carbons (Fsp3) is 0.941. The fourth-order valence-electron chi connectivity index (χ4n) is 7.66. The van der Waals surface area contributed by atoms with Gasteiger partial charge in [-0.05, 0) is 25.2 Å². The maximum atomic E-state index is 12.8. The first kappa shape index (κ1) is 55.4. The van der Waals surface area contributed by atoms with E-state index in [-0.39, 0.29) is 31.1 Å². The Balaban J connectivity index is 4.24. The molecule has 0 N–H and O–H groups in total. The van der Waals surface area contributed by atoms with Crippen molar-refractivity contribution in [3.8, 4) is 0 Å². The lowest BCUT2D eigenvalue weighted by Gasteiger charge is -2.18. The molecule has 0 rings (SSSR count). The van der Waals surface area contributed by atoms with Gasteiger partial charge in [0.25, 0.3) is 0 Å². The van der Waals surface area contributed by atoms with E-state index < -0.39 is 6.10 Å². The maximum Gasteiger partial charge on any atom is 0.306 e. The SMILES string of the molecule is CCCCCCCCCCCCCCCCCCCCCC(=O)O[C@@H](COC(=O)CCCCCCCCCCCC)COC(=O)CCCCCCCCC(C)CC. The Bertz CT molecular complexity index is 859. The summed E-state index contributed by atoms with van der Waals surface area (Å²) in [5, 5.41) is 0. The summed E-state index contributed by atoms with van der Waals surface area (Å²) in [6.45, 7) is 8.98. The van der Waals surface area contributed by atoms with Crippen molar-refractivity contribution >= 4 is 17.9 Å². The van der Waals surface area contributed by atoms with Gasteiger partial charge in [-0.15, -0.1) is 0 Å².